The summed E-state index contributed by atoms with van der Waals surface area (Å²) in [5.41, 5.74) is 2.76. The number of carbonyl (C=O) groups is 2. The number of piperidine rings is 1. The SMILES string of the molecule is COc1ccc([C@H](Cc2c(Cl)c[n+](O)cc2Cl)c2cc(CNC3(C(=O)OCC4CCN(C)CC4)CCc4ccccc43)sc2C(=O)O)cc1OC. The molecule has 2 atom stereocenters. The molecule has 2 aromatic heterocycles. The molecule has 2 aliphatic rings. The van der Waals surface area contributed by atoms with Crippen LogP contribution in [-0.2, 0) is 34.5 Å². The van der Waals surface area contributed by atoms with Gasteiger partial charge in [-0.25, -0.2) is 9.59 Å². The van der Waals surface area contributed by atoms with Crippen LogP contribution in [0.15, 0.2) is 60.9 Å². The summed E-state index contributed by atoms with van der Waals surface area (Å²) in [6.07, 6.45) is 6.11. The lowest BCUT2D eigenvalue weighted by atomic mass is 9.85. The Hall–Kier alpha value is -3.87. The lowest BCUT2D eigenvalue weighted by molar-refractivity contribution is -0.904. The molecule has 1 unspecified atom stereocenters. The molecule has 0 saturated carbocycles. The third-order valence-electron chi connectivity index (χ3n) is 10.1. The monoisotopic (exact) mass is 754 g/mol. The highest BCUT2D eigenvalue weighted by Crippen LogP contribution is 2.42. The molecule has 3 N–H and O–H groups in total. The van der Waals surface area contributed by atoms with Gasteiger partial charge in [0.25, 0.3) is 0 Å². The van der Waals surface area contributed by atoms with Crippen LogP contribution in [0.3, 0.4) is 0 Å². The minimum absolute atomic E-state index is 0.151. The second-order valence-electron chi connectivity index (χ2n) is 13.2. The highest BCUT2D eigenvalue weighted by atomic mass is 35.5. The van der Waals surface area contributed by atoms with E-state index in [0.29, 0.717) is 41.6 Å². The van der Waals surface area contributed by atoms with Crippen molar-refractivity contribution in [1.82, 2.24) is 10.2 Å². The first kappa shape index (κ1) is 36.9. The lowest BCUT2D eigenvalue weighted by Crippen LogP contribution is -2.48. The predicted molar refractivity (Wildman–Crippen MR) is 195 cm³/mol. The molecule has 1 saturated heterocycles. The van der Waals surface area contributed by atoms with Gasteiger partial charge in [0, 0.05) is 27.6 Å². The number of fused-ring (bicyclic) bond motifs is 1. The van der Waals surface area contributed by atoms with Crippen molar-refractivity contribution in [3.05, 3.63) is 109 Å². The number of benzene rings is 2. The summed E-state index contributed by atoms with van der Waals surface area (Å²) < 4.78 is 17.9. The van der Waals surface area contributed by atoms with Gasteiger partial charge in [-0.3, -0.25) is 10.5 Å². The number of carboxylic acids is 1. The molecule has 6 rings (SSSR count). The maximum atomic E-state index is 14.1. The zero-order valence-corrected chi connectivity index (χ0v) is 31.1. The first-order valence-electron chi connectivity index (χ1n) is 16.9. The highest BCUT2D eigenvalue weighted by molar-refractivity contribution is 7.14. The third kappa shape index (κ3) is 7.83. The van der Waals surface area contributed by atoms with E-state index in [9.17, 15) is 19.9 Å². The van der Waals surface area contributed by atoms with Crippen LogP contribution in [0.1, 0.15) is 67.5 Å². The first-order valence-corrected chi connectivity index (χ1v) is 18.5. The van der Waals surface area contributed by atoms with Gasteiger partial charge in [0.1, 0.15) is 20.5 Å². The normalized spacial score (nSPS) is 18.3. The number of halogens is 2. The fourth-order valence-electron chi connectivity index (χ4n) is 7.25. The summed E-state index contributed by atoms with van der Waals surface area (Å²) in [7, 11) is 5.19. The molecule has 1 aliphatic heterocycles. The van der Waals surface area contributed by atoms with E-state index in [1.54, 1.807) is 13.2 Å². The number of aryl methyl sites for hydroxylation is 1. The minimum Gasteiger partial charge on any atom is -0.493 e. The topological polar surface area (TPSA) is 121 Å². The van der Waals surface area contributed by atoms with Crippen molar-refractivity contribution in [1.29, 1.82) is 0 Å². The molecule has 4 aromatic rings. The molecular weight excluding hydrogens is 713 g/mol. The van der Waals surface area contributed by atoms with Crippen molar-refractivity contribution >= 4 is 46.5 Å². The zero-order valence-electron chi connectivity index (χ0n) is 28.8. The number of carboxylic acid groups (broad SMARTS) is 1. The quantitative estimate of drug-likeness (QED) is 0.0800. The summed E-state index contributed by atoms with van der Waals surface area (Å²) in [6, 6.07) is 15.2. The van der Waals surface area contributed by atoms with Gasteiger partial charge in [-0.1, -0.05) is 53.5 Å². The van der Waals surface area contributed by atoms with Gasteiger partial charge in [-0.15, -0.1) is 11.3 Å². The maximum absolute atomic E-state index is 14.1. The van der Waals surface area contributed by atoms with Crippen LogP contribution in [0.2, 0.25) is 10.0 Å². The average Bonchev–Trinajstić information content (AvgIpc) is 3.72. The number of aromatic carboxylic acids is 1. The Morgan fingerprint density at radius 2 is 1.76 bits per heavy atom. The number of esters is 1. The van der Waals surface area contributed by atoms with E-state index in [1.165, 1.54) is 19.5 Å². The predicted octanol–water partition coefficient (Wildman–Crippen LogP) is 6.49. The van der Waals surface area contributed by atoms with Crippen LogP contribution in [0.5, 0.6) is 11.5 Å². The van der Waals surface area contributed by atoms with Crippen LogP contribution in [0.25, 0.3) is 0 Å². The largest absolute Gasteiger partial charge is 0.493 e. The fourth-order valence-corrected chi connectivity index (χ4v) is 8.85. The Morgan fingerprint density at radius 3 is 2.45 bits per heavy atom. The van der Waals surface area contributed by atoms with E-state index < -0.39 is 17.4 Å². The molecule has 3 heterocycles. The summed E-state index contributed by atoms with van der Waals surface area (Å²) >= 11 is 14.3. The van der Waals surface area contributed by atoms with Gasteiger partial charge >= 0.3 is 11.9 Å². The van der Waals surface area contributed by atoms with Crippen LogP contribution in [-0.4, -0.2) is 68.1 Å². The van der Waals surface area contributed by atoms with Crippen LogP contribution in [0.4, 0.5) is 0 Å². The van der Waals surface area contributed by atoms with Gasteiger partial charge < -0.3 is 24.2 Å². The smallest absolute Gasteiger partial charge is 0.346 e. The van der Waals surface area contributed by atoms with E-state index >= 15 is 0 Å². The Labute approximate surface area is 311 Å². The number of pyridine rings is 1. The second kappa shape index (κ2) is 15.8. The van der Waals surface area contributed by atoms with Crippen LogP contribution in [0, 0.1) is 5.92 Å². The van der Waals surface area contributed by atoms with Crippen molar-refractivity contribution in [2.45, 2.75) is 50.1 Å². The number of carbonyl (C=O) groups excluding carboxylic acids is 1. The van der Waals surface area contributed by atoms with Crippen molar-refractivity contribution in [3.8, 4) is 11.5 Å². The van der Waals surface area contributed by atoms with Crippen molar-refractivity contribution < 1.29 is 38.8 Å². The molecule has 1 fully saturated rings. The van der Waals surface area contributed by atoms with Crippen LogP contribution >= 0.6 is 34.5 Å². The van der Waals surface area contributed by atoms with Gasteiger partial charge in [0.15, 0.2) is 11.5 Å². The fraction of sp³-hybridized carbons (Fsp3) is 0.395. The molecule has 0 radical (unpaired) electrons. The van der Waals surface area contributed by atoms with E-state index in [1.807, 2.05) is 42.5 Å². The Kier molecular flexibility index (Phi) is 11.4. The van der Waals surface area contributed by atoms with E-state index in [0.717, 1.165) is 70.0 Å². The van der Waals surface area contributed by atoms with E-state index in [2.05, 4.69) is 17.3 Å². The first-order chi connectivity index (χ1) is 24.5. The Balaban J connectivity index is 1.34. The number of hydrogen-bond acceptors (Lipinski definition) is 9. The number of ether oxygens (including phenoxy) is 3. The number of nitrogens with one attached hydrogen (secondary N) is 1. The summed E-state index contributed by atoms with van der Waals surface area (Å²) in [5.74, 6) is -0.600. The average molecular weight is 756 g/mol. The molecule has 1 aliphatic carbocycles. The molecular formula is C38H42Cl2N3O7S+. The Bertz CT molecular complexity index is 1890. The molecule has 51 heavy (non-hydrogen) atoms. The van der Waals surface area contributed by atoms with E-state index in [-0.39, 0.29) is 33.9 Å². The number of methoxy groups -OCH3 is 2. The zero-order chi connectivity index (χ0) is 36.3. The molecule has 2 aromatic carbocycles. The number of thiophene rings is 1. The molecule has 270 valence electrons. The third-order valence-corrected chi connectivity index (χ3v) is 11.9. The van der Waals surface area contributed by atoms with Crippen LogP contribution < -0.4 is 19.5 Å². The number of hydrogen-bond donors (Lipinski definition) is 3. The summed E-state index contributed by atoms with van der Waals surface area (Å²) in [4.78, 5) is 30.1. The summed E-state index contributed by atoms with van der Waals surface area (Å²) in [5, 5.41) is 24.5. The molecule has 0 bridgehead atoms. The van der Waals surface area contributed by atoms with Crippen molar-refractivity contribution in [2.24, 2.45) is 5.92 Å². The molecule has 0 spiro atoms. The maximum Gasteiger partial charge on any atom is 0.346 e. The van der Waals surface area contributed by atoms with Crippen molar-refractivity contribution in [2.75, 3.05) is 41.0 Å². The molecule has 10 nitrogen and oxygen atoms in total. The Morgan fingerprint density at radius 1 is 1.06 bits per heavy atom. The number of nitrogens with zero attached hydrogens (tertiary/aromatic N) is 2. The number of aromatic nitrogens is 1. The summed E-state index contributed by atoms with van der Waals surface area (Å²) in [6.45, 7) is 2.57. The number of likely N-dealkylation sites (tertiary alicyclic amines) is 1. The highest BCUT2D eigenvalue weighted by Gasteiger charge is 2.46. The van der Waals surface area contributed by atoms with Crippen molar-refractivity contribution in [3.63, 3.8) is 0 Å². The minimum atomic E-state index is -1.08. The van der Waals surface area contributed by atoms with Gasteiger partial charge in [-0.2, -0.15) is 0 Å². The lowest BCUT2D eigenvalue weighted by Gasteiger charge is -2.32. The second-order valence-corrected chi connectivity index (χ2v) is 15.2. The standard InChI is InChI=1S/C38H41Cl2N3O7S/c1-42-14-11-23(12-15-42)22-50-37(46)38(13-10-24-6-4-5-7-30(24)38)41-19-26-17-28(35(51-26)36(44)45)27(18-29-31(39)20-43(47)21-32(29)40)25-8-9-33(48-2)34(16-25)49-3/h4-9,16-17,20-21,23,27,41H,10-15,18-19,22H2,1-3H3,(H-,44,45,47)/p+1/t27-,38?/m0/s1. The van der Waals surface area contributed by atoms with Gasteiger partial charge in [0.05, 0.1) is 20.8 Å². The number of rotatable bonds is 13. The van der Waals surface area contributed by atoms with Gasteiger partial charge in [-0.05, 0) is 98.6 Å². The molecule has 0 amide bonds. The molecule has 13 heteroatoms. The van der Waals surface area contributed by atoms with E-state index in [4.69, 9.17) is 37.4 Å². The van der Waals surface area contributed by atoms with Gasteiger partial charge in [0.2, 0.25) is 12.4 Å².